The summed E-state index contributed by atoms with van der Waals surface area (Å²) in [7, 11) is 1.81. The molecule has 3 rings (SSSR count). The molecule has 6 heteroatoms. The summed E-state index contributed by atoms with van der Waals surface area (Å²) in [5, 5.41) is 2.78. The molecule has 0 bridgehead atoms. The number of rotatable bonds is 8. The van der Waals surface area contributed by atoms with E-state index in [1.165, 1.54) is 6.07 Å². The Labute approximate surface area is 169 Å². The van der Waals surface area contributed by atoms with E-state index >= 15 is 0 Å². The molecule has 0 saturated heterocycles. The molecule has 0 aliphatic heterocycles. The first-order valence-corrected chi connectivity index (χ1v) is 9.32. The van der Waals surface area contributed by atoms with Gasteiger partial charge in [0.2, 0.25) is 11.3 Å². The number of carbonyl (C=O) groups excluding carboxylic acids is 1. The van der Waals surface area contributed by atoms with Crippen LogP contribution in [-0.4, -0.2) is 17.1 Å². The molecule has 150 valence electrons. The van der Waals surface area contributed by atoms with Gasteiger partial charge in [-0.05, 0) is 30.2 Å². The second kappa shape index (κ2) is 9.71. The summed E-state index contributed by atoms with van der Waals surface area (Å²) in [5.41, 5.74) is 3.22. The summed E-state index contributed by atoms with van der Waals surface area (Å²) in [6.45, 7) is 2.32. The zero-order valence-electron chi connectivity index (χ0n) is 16.6. The second-order valence-corrected chi connectivity index (χ2v) is 6.79. The minimum Gasteiger partial charge on any atom is -0.483 e. The van der Waals surface area contributed by atoms with Crippen molar-refractivity contribution < 1.29 is 14.3 Å². The highest BCUT2D eigenvalue weighted by Crippen LogP contribution is 2.11. The average molecular weight is 392 g/mol. The van der Waals surface area contributed by atoms with Crippen LogP contribution in [0.1, 0.15) is 16.8 Å². The number of nitrogens with zero attached hydrogens (tertiary/aromatic N) is 1. The van der Waals surface area contributed by atoms with Crippen LogP contribution in [-0.2, 0) is 29.8 Å². The van der Waals surface area contributed by atoms with E-state index < -0.39 is 0 Å². The van der Waals surface area contributed by atoms with E-state index in [0.29, 0.717) is 12.3 Å². The monoisotopic (exact) mass is 392 g/mol. The van der Waals surface area contributed by atoms with E-state index in [-0.39, 0.29) is 30.3 Å². The molecule has 1 amide bonds. The topological polar surface area (TPSA) is 69.6 Å². The van der Waals surface area contributed by atoms with E-state index in [1.54, 1.807) is 17.8 Å². The molecule has 0 atom stereocenters. The van der Waals surface area contributed by atoms with Crippen LogP contribution in [0.25, 0.3) is 0 Å². The zero-order chi connectivity index (χ0) is 20.6. The fourth-order valence-corrected chi connectivity index (χ4v) is 2.80. The van der Waals surface area contributed by atoms with E-state index in [0.717, 1.165) is 16.8 Å². The van der Waals surface area contributed by atoms with Gasteiger partial charge in [0.1, 0.15) is 13.2 Å². The van der Waals surface area contributed by atoms with E-state index in [2.05, 4.69) is 5.32 Å². The van der Waals surface area contributed by atoms with Crippen molar-refractivity contribution in [3.05, 3.63) is 93.9 Å². The van der Waals surface area contributed by atoms with E-state index in [4.69, 9.17) is 9.47 Å². The minimum atomic E-state index is -0.247. The molecule has 0 saturated carbocycles. The third-order valence-corrected chi connectivity index (χ3v) is 4.33. The van der Waals surface area contributed by atoms with Crippen LogP contribution in [0.4, 0.5) is 5.69 Å². The van der Waals surface area contributed by atoms with Crippen molar-refractivity contribution >= 4 is 11.6 Å². The number of amides is 1. The molecule has 6 nitrogen and oxygen atoms in total. The number of hydrogen-bond donors (Lipinski definition) is 1. The van der Waals surface area contributed by atoms with Crippen molar-refractivity contribution in [3.63, 3.8) is 0 Å². The normalized spacial score (nSPS) is 10.6. The molecule has 1 heterocycles. The van der Waals surface area contributed by atoms with Crippen molar-refractivity contribution in [1.29, 1.82) is 0 Å². The Balaban J connectivity index is 1.52. The molecule has 1 aromatic heterocycles. The van der Waals surface area contributed by atoms with Crippen LogP contribution in [0.2, 0.25) is 0 Å². The van der Waals surface area contributed by atoms with Crippen molar-refractivity contribution in [1.82, 2.24) is 4.57 Å². The molecule has 2 aromatic carbocycles. The number of anilines is 1. The number of aromatic nitrogens is 1. The number of carbonyl (C=O) groups is 1. The van der Waals surface area contributed by atoms with Crippen LogP contribution >= 0.6 is 0 Å². The van der Waals surface area contributed by atoms with Crippen LogP contribution in [0.5, 0.6) is 5.75 Å². The highest BCUT2D eigenvalue weighted by Gasteiger charge is 2.08. The van der Waals surface area contributed by atoms with E-state index in [9.17, 15) is 9.59 Å². The summed E-state index contributed by atoms with van der Waals surface area (Å²) in [4.78, 5) is 24.3. The molecular formula is C23H24N2O4. The van der Waals surface area contributed by atoms with Gasteiger partial charge in [0.25, 0.3) is 0 Å². The van der Waals surface area contributed by atoms with Gasteiger partial charge in [0.15, 0.2) is 5.75 Å². The lowest BCUT2D eigenvalue weighted by molar-refractivity contribution is -0.121. The molecule has 0 radical (unpaired) electrons. The van der Waals surface area contributed by atoms with Crippen molar-refractivity contribution in [3.8, 4) is 5.75 Å². The maximum absolute atomic E-state index is 12.3. The maximum Gasteiger partial charge on any atom is 0.250 e. The van der Waals surface area contributed by atoms with Gasteiger partial charge in [-0.15, -0.1) is 0 Å². The standard InChI is InChI=1S/C23H24N2O4/c1-17-7-6-10-19(11-17)24-23(27)16-28-15-20-12-21(26)22(13-25(20)2)29-14-18-8-4-3-5-9-18/h3-13H,14-16H2,1-2H3,(H,24,27). The number of ether oxygens (including phenoxy) is 2. The molecule has 0 spiro atoms. The van der Waals surface area contributed by atoms with Crippen LogP contribution in [0.3, 0.4) is 0 Å². The largest absolute Gasteiger partial charge is 0.483 e. The Bertz CT molecular complexity index is 1030. The first kappa shape index (κ1) is 20.4. The van der Waals surface area contributed by atoms with Crippen LogP contribution in [0.15, 0.2) is 71.7 Å². The highest BCUT2D eigenvalue weighted by atomic mass is 16.5. The Morgan fingerprint density at radius 1 is 1.03 bits per heavy atom. The Hall–Kier alpha value is -3.38. The van der Waals surface area contributed by atoms with Gasteiger partial charge in [-0.1, -0.05) is 42.5 Å². The molecule has 0 unspecified atom stereocenters. The minimum absolute atomic E-state index is 0.103. The van der Waals surface area contributed by atoms with Crippen LogP contribution < -0.4 is 15.5 Å². The SMILES string of the molecule is Cc1cccc(NC(=O)COCc2cc(=O)c(OCc3ccccc3)cn2C)c1. The third kappa shape index (κ3) is 6.05. The number of hydrogen-bond acceptors (Lipinski definition) is 4. The molecule has 0 aliphatic carbocycles. The smallest absolute Gasteiger partial charge is 0.250 e. The van der Waals surface area contributed by atoms with Crippen LogP contribution in [0, 0.1) is 6.92 Å². The summed E-state index contributed by atoms with van der Waals surface area (Å²) >= 11 is 0. The molecular weight excluding hydrogens is 368 g/mol. The van der Waals surface area contributed by atoms with Gasteiger partial charge in [-0.2, -0.15) is 0 Å². The molecule has 29 heavy (non-hydrogen) atoms. The quantitative estimate of drug-likeness (QED) is 0.638. The summed E-state index contributed by atoms with van der Waals surface area (Å²) in [5.74, 6) is 0.0284. The fourth-order valence-electron chi connectivity index (χ4n) is 2.80. The van der Waals surface area contributed by atoms with Gasteiger partial charge in [-0.25, -0.2) is 0 Å². The van der Waals surface area contributed by atoms with Crippen molar-refractivity contribution in [2.45, 2.75) is 20.1 Å². The van der Waals surface area contributed by atoms with Crippen molar-refractivity contribution in [2.75, 3.05) is 11.9 Å². The predicted octanol–water partition coefficient (Wildman–Crippen LogP) is 3.43. The molecule has 1 N–H and O–H groups in total. The zero-order valence-corrected chi connectivity index (χ0v) is 16.6. The summed E-state index contributed by atoms with van der Waals surface area (Å²) in [6, 6.07) is 18.7. The molecule has 0 aliphatic rings. The first-order valence-electron chi connectivity index (χ1n) is 9.32. The predicted molar refractivity (Wildman–Crippen MR) is 112 cm³/mol. The number of benzene rings is 2. The number of aryl methyl sites for hydroxylation is 2. The Morgan fingerprint density at radius 2 is 1.83 bits per heavy atom. The average Bonchev–Trinajstić information content (AvgIpc) is 2.70. The fraction of sp³-hybridized carbons (Fsp3) is 0.217. The lowest BCUT2D eigenvalue weighted by Crippen LogP contribution is -2.20. The van der Waals surface area contributed by atoms with Gasteiger partial charge in [-0.3, -0.25) is 9.59 Å². The van der Waals surface area contributed by atoms with Gasteiger partial charge >= 0.3 is 0 Å². The highest BCUT2D eigenvalue weighted by molar-refractivity contribution is 5.91. The third-order valence-electron chi connectivity index (χ3n) is 4.33. The first-order chi connectivity index (χ1) is 14.0. The summed E-state index contributed by atoms with van der Waals surface area (Å²) in [6.07, 6.45) is 1.64. The lowest BCUT2D eigenvalue weighted by Gasteiger charge is -2.12. The number of pyridine rings is 1. The molecule has 0 fully saturated rings. The van der Waals surface area contributed by atoms with Gasteiger partial charge in [0, 0.05) is 24.5 Å². The number of nitrogens with one attached hydrogen (secondary N) is 1. The summed E-state index contributed by atoms with van der Waals surface area (Å²) < 4.78 is 12.9. The van der Waals surface area contributed by atoms with Gasteiger partial charge < -0.3 is 19.4 Å². The maximum atomic E-state index is 12.3. The second-order valence-electron chi connectivity index (χ2n) is 6.79. The molecule has 3 aromatic rings. The lowest BCUT2D eigenvalue weighted by atomic mass is 10.2. The Morgan fingerprint density at radius 3 is 2.59 bits per heavy atom. The van der Waals surface area contributed by atoms with Crippen molar-refractivity contribution in [2.24, 2.45) is 7.05 Å². The van der Waals surface area contributed by atoms with E-state index in [1.807, 2.05) is 61.5 Å². The van der Waals surface area contributed by atoms with Gasteiger partial charge in [0.05, 0.1) is 12.8 Å². The Kier molecular flexibility index (Phi) is 6.81.